The average Bonchev–Trinajstić information content (AvgIpc) is 3.29. The second-order valence-electron chi connectivity index (χ2n) is 11.8. The lowest BCUT2D eigenvalue weighted by Crippen LogP contribution is -2.31. The number of nitrogens with zero attached hydrogens (tertiary/aromatic N) is 3. The number of anilines is 2. The molecule has 0 saturated heterocycles. The summed E-state index contributed by atoms with van der Waals surface area (Å²) < 4.78 is 23.4. The Morgan fingerprint density at radius 2 is 1.90 bits per heavy atom. The highest BCUT2D eigenvalue weighted by Gasteiger charge is 2.30. The Morgan fingerprint density at radius 3 is 2.57 bits per heavy atom. The van der Waals surface area contributed by atoms with Crippen molar-refractivity contribution in [1.82, 2.24) is 9.78 Å². The summed E-state index contributed by atoms with van der Waals surface area (Å²) >= 11 is 0. The molecule has 220 valence electrons. The largest absolute Gasteiger partial charge is 0.491 e. The molecule has 8 nitrogen and oxygen atoms in total. The standard InChI is InChI=1S/C33H38FN5O3/c1-20(2)19-42-29-8-6-7-21(3)30(29)39-31(22-9-12-24(13-10-22)36-32(35)40)25-18-38(16-15-27(25)37-39)28-17-23(33(4,5)41)11-14-26(28)34/h6-14,17,20,41H,15-16,18-19H2,1-5H3,(H3,35,36,40). The summed E-state index contributed by atoms with van der Waals surface area (Å²) in [6.45, 7) is 11.2. The summed E-state index contributed by atoms with van der Waals surface area (Å²) in [4.78, 5) is 13.4. The zero-order valence-electron chi connectivity index (χ0n) is 24.7. The van der Waals surface area contributed by atoms with Gasteiger partial charge >= 0.3 is 6.03 Å². The number of halogens is 1. The molecular formula is C33H38FN5O3. The molecule has 4 N–H and O–H groups in total. The first-order chi connectivity index (χ1) is 19.9. The van der Waals surface area contributed by atoms with E-state index in [9.17, 15) is 9.90 Å². The van der Waals surface area contributed by atoms with E-state index in [1.165, 1.54) is 6.07 Å². The lowest BCUT2D eigenvalue weighted by atomic mass is 9.96. The van der Waals surface area contributed by atoms with E-state index in [1.807, 2.05) is 46.8 Å². The van der Waals surface area contributed by atoms with Crippen LogP contribution < -0.4 is 20.7 Å². The molecule has 0 atom stereocenters. The highest BCUT2D eigenvalue weighted by atomic mass is 19.1. The number of urea groups is 1. The summed E-state index contributed by atoms with van der Waals surface area (Å²) in [5.41, 5.74) is 11.4. The van der Waals surface area contributed by atoms with Crippen LogP contribution in [0.1, 0.15) is 50.1 Å². The maximum absolute atomic E-state index is 15.2. The van der Waals surface area contributed by atoms with Gasteiger partial charge in [0.25, 0.3) is 0 Å². The minimum absolute atomic E-state index is 0.342. The Morgan fingerprint density at radius 1 is 1.17 bits per heavy atom. The number of aryl methyl sites for hydroxylation is 1. The van der Waals surface area contributed by atoms with Crippen molar-refractivity contribution in [3.05, 3.63) is 88.9 Å². The zero-order valence-corrected chi connectivity index (χ0v) is 24.7. The lowest BCUT2D eigenvalue weighted by molar-refractivity contribution is 0.0785. The molecule has 1 aliphatic rings. The van der Waals surface area contributed by atoms with Gasteiger partial charge in [-0.25, -0.2) is 13.9 Å². The Balaban J connectivity index is 1.65. The van der Waals surface area contributed by atoms with Crippen LogP contribution in [0.4, 0.5) is 20.6 Å². The molecule has 42 heavy (non-hydrogen) atoms. The predicted octanol–water partition coefficient (Wildman–Crippen LogP) is 6.30. The smallest absolute Gasteiger partial charge is 0.316 e. The number of fused-ring (bicyclic) bond motifs is 1. The summed E-state index contributed by atoms with van der Waals surface area (Å²) in [6.07, 6.45) is 0.608. The number of aromatic nitrogens is 2. The van der Waals surface area contributed by atoms with Crippen LogP contribution in [0.3, 0.4) is 0 Å². The molecule has 1 aromatic heterocycles. The first kappa shape index (κ1) is 29.1. The van der Waals surface area contributed by atoms with Gasteiger partial charge in [-0.15, -0.1) is 0 Å². The molecular weight excluding hydrogens is 533 g/mol. The van der Waals surface area contributed by atoms with E-state index in [1.54, 1.807) is 38.1 Å². The fourth-order valence-electron chi connectivity index (χ4n) is 5.30. The van der Waals surface area contributed by atoms with E-state index in [4.69, 9.17) is 15.6 Å². The molecule has 4 aromatic rings. The number of amides is 2. The first-order valence-electron chi connectivity index (χ1n) is 14.2. The van der Waals surface area contributed by atoms with Crippen molar-refractivity contribution in [2.24, 2.45) is 11.7 Å². The zero-order chi connectivity index (χ0) is 30.2. The van der Waals surface area contributed by atoms with Crippen LogP contribution in [0, 0.1) is 18.7 Å². The van der Waals surface area contributed by atoms with Crippen LogP contribution >= 0.6 is 0 Å². The molecule has 0 fully saturated rings. The van der Waals surface area contributed by atoms with E-state index in [-0.39, 0.29) is 5.82 Å². The van der Waals surface area contributed by atoms with Crippen molar-refractivity contribution in [2.75, 3.05) is 23.4 Å². The molecule has 0 bridgehead atoms. The molecule has 2 heterocycles. The normalized spacial score (nSPS) is 13.3. The van der Waals surface area contributed by atoms with E-state index in [0.29, 0.717) is 49.0 Å². The first-order valence-corrected chi connectivity index (χ1v) is 14.2. The van der Waals surface area contributed by atoms with Gasteiger partial charge in [-0.2, -0.15) is 5.10 Å². The summed E-state index contributed by atoms with van der Waals surface area (Å²) in [5, 5.41) is 18.3. The molecule has 5 rings (SSSR count). The maximum Gasteiger partial charge on any atom is 0.316 e. The Hall–Kier alpha value is -4.37. The van der Waals surface area contributed by atoms with Gasteiger partial charge in [-0.05, 0) is 68.1 Å². The number of nitrogens with one attached hydrogen (secondary N) is 1. The van der Waals surface area contributed by atoms with E-state index < -0.39 is 11.6 Å². The number of para-hydroxylation sites is 1. The lowest BCUT2D eigenvalue weighted by Gasteiger charge is -2.30. The SMILES string of the molecule is Cc1cccc(OCC(C)C)c1-n1nc2c(c1-c1ccc(NC(N)=O)cc1)CN(c1cc(C(C)(C)O)ccc1F)CC2. The molecule has 0 aliphatic carbocycles. The second-order valence-corrected chi connectivity index (χ2v) is 11.8. The number of primary amides is 1. The van der Waals surface area contributed by atoms with E-state index in [0.717, 1.165) is 39.5 Å². The molecule has 0 saturated carbocycles. The van der Waals surface area contributed by atoms with Crippen LogP contribution in [0.5, 0.6) is 5.75 Å². The van der Waals surface area contributed by atoms with Gasteiger partial charge in [0.2, 0.25) is 0 Å². The molecule has 0 unspecified atom stereocenters. The number of hydrogen-bond acceptors (Lipinski definition) is 5. The molecule has 2 amide bonds. The number of carbonyl (C=O) groups excluding carboxylic acids is 1. The number of carbonyl (C=O) groups is 1. The fraction of sp³-hybridized carbons (Fsp3) is 0.333. The van der Waals surface area contributed by atoms with Crippen molar-refractivity contribution >= 4 is 17.4 Å². The number of aliphatic hydroxyl groups is 1. The van der Waals surface area contributed by atoms with E-state index >= 15 is 4.39 Å². The molecule has 3 aromatic carbocycles. The van der Waals surface area contributed by atoms with Crippen LogP contribution in [0.15, 0.2) is 60.7 Å². The highest BCUT2D eigenvalue weighted by molar-refractivity contribution is 5.88. The number of ether oxygens (including phenoxy) is 1. The number of hydrogen-bond donors (Lipinski definition) is 3. The third-order valence-corrected chi connectivity index (χ3v) is 7.44. The topological polar surface area (TPSA) is 106 Å². The van der Waals surface area contributed by atoms with Crippen molar-refractivity contribution in [1.29, 1.82) is 0 Å². The Labute approximate surface area is 245 Å². The minimum Gasteiger partial charge on any atom is -0.491 e. The van der Waals surface area contributed by atoms with Gasteiger partial charge in [-0.1, -0.05) is 44.2 Å². The van der Waals surface area contributed by atoms with Gasteiger partial charge in [0.15, 0.2) is 0 Å². The van der Waals surface area contributed by atoms with Crippen LogP contribution in [-0.2, 0) is 18.6 Å². The fourth-order valence-corrected chi connectivity index (χ4v) is 5.30. The highest BCUT2D eigenvalue weighted by Crippen LogP contribution is 2.39. The van der Waals surface area contributed by atoms with Gasteiger partial charge in [0.05, 0.1) is 29.3 Å². The van der Waals surface area contributed by atoms with Gasteiger partial charge in [-0.3, -0.25) is 0 Å². The molecule has 0 radical (unpaired) electrons. The quantitative estimate of drug-likeness (QED) is 0.230. The predicted molar refractivity (Wildman–Crippen MR) is 164 cm³/mol. The summed E-state index contributed by atoms with van der Waals surface area (Å²) in [5.74, 6) is 0.736. The Kier molecular flexibility index (Phi) is 7.97. The number of rotatable bonds is 8. The van der Waals surface area contributed by atoms with Crippen molar-refractivity contribution < 1.29 is 19.0 Å². The second kappa shape index (κ2) is 11.5. The maximum atomic E-state index is 15.2. The molecule has 0 spiro atoms. The molecule has 9 heteroatoms. The van der Waals surface area contributed by atoms with Crippen LogP contribution in [0.25, 0.3) is 16.9 Å². The van der Waals surface area contributed by atoms with Crippen molar-refractivity contribution in [2.45, 2.75) is 53.2 Å². The third kappa shape index (κ3) is 5.97. The third-order valence-electron chi connectivity index (χ3n) is 7.44. The minimum atomic E-state index is -1.10. The molecule has 1 aliphatic heterocycles. The summed E-state index contributed by atoms with van der Waals surface area (Å²) in [7, 11) is 0. The Bertz CT molecular complexity index is 1610. The number of nitrogens with two attached hydrogens (primary N) is 1. The monoisotopic (exact) mass is 571 g/mol. The van der Waals surface area contributed by atoms with Gasteiger partial charge < -0.3 is 25.8 Å². The van der Waals surface area contributed by atoms with Gasteiger partial charge in [0.1, 0.15) is 17.3 Å². The average molecular weight is 572 g/mol. The summed E-state index contributed by atoms with van der Waals surface area (Å²) in [6, 6.07) is 17.5. The van der Waals surface area contributed by atoms with Crippen molar-refractivity contribution in [3.63, 3.8) is 0 Å². The van der Waals surface area contributed by atoms with Crippen LogP contribution in [-0.4, -0.2) is 34.1 Å². The number of benzene rings is 3. The van der Waals surface area contributed by atoms with Crippen LogP contribution in [0.2, 0.25) is 0 Å². The van der Waals surface area contributed by atoms with E-state index in [2.05, 4.69) is 19.2 Å². The van der Waals surface area contributed by atoms with Gasteiger partial charge in [0, 0.05) is 36.3 Å². The van der Waals surface area contributed by atoms with Crippen molar-refractivity contribution in [3.8, 4) is 22.7 Å².